The van der Waals surface area contributed by atoms with Gasteiger partial charge in [-0.25, -0.2) is 0 Å². The Bertz CT molecular complexity index is 628. The molecule has 1 saturated carbocycles. The van der Waals surface area contributed by atoms with Crippen LogP contribution in [0.1, 0.15) is 57.6 Å². The van der Waals surface area contributed by atoms with Gasteiger partial charge in [-0.05, 0) is 43.5 Å². The number of hydrogen-bond acceptors (Lipinski definition) is 3. The van der Waals surface area contributed by atoms with Gasteiger partial charge in [0.25, 0.3) is 0 Å². The van der Waals surface area contributed by atoms with Crippen molar-refractivity contribution in [1.29, 1.82) is 0 Å². The van der Waals surface area contributed by atoms with Crippen LogP contribution >= 0.6 is 0 Å². The average Bonchev–Trinajstić information content (AvgIpc) is 2.75. The van der Waals surface area contributed by atoms with Gasteiger partial charge >= 0.3 is 0 Å². The second kappa shape index (κ2) is 12.2. The van der Waals surface area contributed by atoms with E-state index >= 15 is 0 Å². The Balaban J connectivity index is 1.82. The molecule has 1 aliphatic carbocycles. The Morgan fingerprint density at radius 1 is 1.14 bits per heavy atom. The lowest BCUT2D eigenvalue weighted by Gasteiger charge is -2.30. The zero-order valence-electron chi connectivity index (χ0n) is 18.0. The Morgan fingerprint density at radius 3 is 2.43 bits per heavy atom. The van der Waals surface area contributed by atoms with Crippen LogP contribution in [0.3, 0.4) is 0 Å². The highest BCUT2D eigenvalue weighted by atomic mass is 32.2. The van der Waals surface area contributed by atoms with Crippen molar-refractivity contribution in [3.8, 4) is 0 Å². The summed E-state index contributed by atoms with van der Waals surface area (Å²) in [6.07, 6.45) is 4.32. The summed E-state index contributed by atoms with van der Waals surface area (Å²) in [5, 5.41) is 7.29. The van der Waals surface area contributed by atoms with Crippen molar-refractivity contribution < 1.29 is 4.21 Å². The highest BCUT2D eigenvalue weighted by molar-refractivity contribution is 7.85. The summed E-state index contributed by atoms with van der Waals surface area (Å²) < 4.78 is 12.1. The summed E-state index contributed by atoms with van der Waals surface area (Å²) in [6, 6.07) is 9.19. The normalized spacial score (nSPS) is 21.5. The van der Waals surface area contributed by atoms with Crippen molar-refractivity contribution in [3.05, 3.63) is 35.4 Å². The monoisotopic (exact) mass is 406 g/mol. The molecule has 3 atom stereocenters. The maximum Gasteiger partial charge on any atom is 0.191 e. The van der Waals surface area contributed by atoms with Gasteiger partial charge in [0.2, 0.25) is 0 Å². The minimum absolute atomic E-state index is 0.327. The van der Waals surface area contributed by atoms with Gasteiger partial charge in [-0.15, -0.1) is 0 Å². The van der Waals surface area contributed by atoms with Crippen molar-refractivity contribution in [2.45, 2.75) is 70.8 Å². The molecule has 28 heavy (non-hydrogen) atoms. The predicted molar refractivity (Wildman–Crippen MR) is 121 cm³/mol. The van der Waals surface area contributed by atoms with Gasteiger partial charge in [-0.1, -0.05) is 51.5 Å². The van der Waals surface area contributed by atoms with E-state index in [1.807, 2.05) is 14.0 Å². The summed E-state index contributed by atoms with van der Waals surface area (Å²) in [5.41, 5.74) is 2.60. The molecular weight excluding hydrogens is 368 g/mol. The third-order valence-electron chi connectivity index (χ3n) is 5.63. The van der Waals surface area contributed by atoms with E-state index < -0.39 is 10.8 Å². The number of aliphatic imine (C=N–C) groups is 1. The molecule has 0 spiro atoms. The van der Waals surface area contributed by atoms with Crippen LogP contribution in [0.15, 0.2) is 29.3 Å². The summed E-state index contributed by atoms with van der Waals surface area (Å²) in [4.78, 5) is 6.80. The number of nitrogens with zero attached hydrogens (tertiary/aromatic N) is 2. The van der Waals surface area contributed by atoms with Crippen LogP contribution < -0.4 is 10.6 Å². The molecule has 1 aliphatic rings. The molecule has 1 aromatic carbocycles. The average molecular weight is 407 g/mol. The third kappa shape index (κ3) is 7.21. The molecule has 5 nitrogen and oxygen atoms in total. The minimum Gasteiger partial charge on any atom is -0.354 e. The summed E-state index contributed by atoms with van der Waals surface area (Å²) >= 11 is 0. The minimum atomic E-state index is -0.696. The second-order valence-electron chi connectivity index (χ2n) is 7.50. The Kier molecular flexibility index (Phi) is 9.99. The lowest BCUT2D eigenvalue weighted by molar-refractivity contribution is 0.296. The summed E-state index contributed by atoms with van der Waals surface area (Å²) in [6.45, 7) is 10.3. The van der Waals surface area contributed by atoms with E-state index in [2.05, 4.69) is 58.6 Å². The maximum atomic E-state index is 12.1. The molecule has 3 unspecified atom stereocenters. The van der Waals surface area contributed by atoms with E-state index in [9.17, 15) is 4.21 Å². The SMILES string of the molecule is CCN(CC)Cc1ccc(CNC(=NC)NC2CCCC(S(=O)CC)C2)cc1. The van der Waals surface area contributed by atoms with E-state index in [-0.39, 0.29) is 0 Å². The molecule has 0 aliphatic heterocycles. The molecule has 1 aromatic rings. The maximum absolute atomic E-state index is 12.1. The van der Waals surface area contributed by atoms with Gasteiger partial charge in [-0.2, -0.15) is 0 Å². The van der Waals surface area contributed by atoms with Gasteiger partial charge in [0, 0.05) is 48.0 Å². The zero-order valence-corrected chi connectivity index (χ0v) is 18.9. The molecule has 1 fully saturated rings. The van der Waals surface area contributed by atoms with E-state index in [0.717, 1.165) is 63.6 Å². The summed E-state index contributed by atoms with van der Waals surface area (Å²) in [5.74, 6) is 1.59. The highest BCUT2D eigenvalue weighted by Gasteiger charge is 2.25. The molecule has 0 aromatic heterocycles. The van der Waals surface area contributed by atoms with E-state index in [1.54, 1.807) is 0 Å². The van der Waals surface area contributed by atoms with Gasteiger partial charge in [0.15, 0.2) is 5.96 Å². The van der Waals surface area contributed by atoms with Crippen LogP contribution in [0, 0.1) is 0 Å². The predicted octanol–water partition coefficient (Wildman–Crippen LogP) is 3.27. The number of nitrogens with one attached hydrogen (secondary N) is 2. The van der Waals surface area contributed by atoms with Gasteiger partial charge in [-0.3, -0.25) is 14.1 Å². The van der Waals surface area contributed by atoms with Crippen LogP contribution in [-0.2, 0) is 23.9 Å². The first-order valence-electron chi connectivity index (χ1n) is 10.7. The lowest BCUT2D eigenvalue weighted by Crippen LogP contribution is -2.46. The Labute approximate surface area is 173 Å². The van der Waals surface area contributed by atoms with Crippen LogP contribution in [0.25, 0.3) is 0 Å². The molecule has 6 heteroatoms. The number of hydrogen-bond donors (Lipinski definition) is 2. The van der Waals surface area contributed by atoms with Gasteiger partial charge < -0.3 is 10.6 Å². The van der Waals surface area contributed by atoms with Gasteiger partial charge in [0.05, 0.1) is 0 Å². The molecule has 158 valence electrons. The van der Waals surface area contributed by atoms with Crippen molar-refractivity contribution >= 4 is 16.8 Å². The Hall–Kier alpha value is -1.40. The molecule has 0 saturated heterocycles. The van der Waals surface area contributed by atoms with Crippen LogP contribution in [0.5, 0.6) is 0 Å². The van der Waals surface area contributed by atoms with Crippen molar-refractivity contribution in [2.75, 3.05) is 25.9 Å². The molecular formula is C22H38N4OS. The first-order chi connectivity index (χ1) is 13.6. The van der Waals surface area contributed by atoms with E-state index in [1.165, 1.54) is 11.1 Å². The number of rotatable bonds is 9. The topological polar surface area (TPSA) is 56.7 Å². The fourth-order valence-corrected chi connectivity index (χ4v) is 5.14. The standard InChI is InChI=1S/C22H38N4OS/c1-5-26(6-2)17-19-13-11-18(12-14-19)16-24-22(23-4)25-20-9-8-10-21(15-20)28(27)7-3/h11-14,20-21H,5-10,15-17H2,1-4H3,(H2,23,24,25). The highest BCUT2D eigenvalue weighted by Crippen LogP contribution is 2.23. The fraction of sp³-hybridized carbons (Fsp3) is 0.682. The zero-order chi connectivity index (χ0) is 20.4. The van der Waals surface area contributed by atoms with Crippen LogP contribution in [0.4, 0.5) is 0 Å². The smallest absolute Gasteiger partial charge is 0.191 e. The molecule has 0 bridgehead atoms. The fourth-order valence-electron chi connectivity index (χ4n) is 3.79. The largest absolute Gasteiger partial charge is 0.354 e. The third-order valence-corrected chi connectivity index (χ3v) is 7.37. The van der Waals surface area contributed by atoms with Crippen molar-refractivity contribution in [2.24, 2.45) is 4.99 Å². The second-order valence-corrected chi connectivity index (χ2v) is 9.51. The number of benzene rings is 1. The first-order valence-corrected chi connectivity index (χ1v) is 12.1. The molecule has 0 amide bonds. The Morgan fingerprint density at radius 2 is 1.82 bits per heavy atom. The van der Waals surface area contributed by atoms with Crippen LogP contribution in [0.2, 0.25) is 0 Å². The summed E-state index contributed by atoms with van der Waals surface area (Å²) in [7, 11) is 1.12. The molecule has 2 rings (SSSR count). The van der Waals surface area contributed by atoms with Crippen molar-refractivity contribution in [3.63, 3.8) is 0 Å². The van der Waals surface area contributed by atoms with Crippen molar-refractivity contribution in [1.82, 2.24) is 15.5 Å². The first kappa shape index (κ1) is 22.9. The quantitative estimate of drug-likeness (QED) is 0.488. The molecule has 0 heterocycles. The van der Waals surface area contributed by atoms with E-state index in [4.69, 9.17) is 0 Å². The van der Waals surface area contributed by atoms with Gasteiger partial charge in [0.1, 0.15) is 0 Å². The lowest BCUT2D eigenvalue weighted by atomic mass is 9.95. The molecule has 2 N–H and O–H groups in total. The van der Waals surface area contributed by atoms with Crippen LogP contribution in [-0.4, -0.2) is 52.3 Å². The van der Waals surface area contributed by atoms with E-state index in [0.29, 0.717) is 11.3 Å². The number of guanidine groups is 1. The molecule has 0 radical (unpaired) electrons.